The van der Waals surface area contributed by atoms with Crippen molar-refractivity contribution in [2.45, 2.75) is 151 Å². The molecule has 5 aliphatic rings. The second-order valence-electron chi connectivity index (χ2n) is 18.6. The van der Waals surface area contributed by atoms with E-state index in [-0.39, 0.29) is 43.9 Å². The molecule has 0 amide bonds. The fourth-order valence-electron chi connectivity index (χ4n) is 10.3. The third kappa shape index (κ3) is 6.86. The van der Waals surface area contributed by atoms with Crippen molar-refractivity contribution in [1.82, 2.24) is 0 Å². The minimum atomic E-state index is -6.39. The van der Waals surface area contributed by atoms with Gasteiger partial charge in [0.15, 0.2) is 5.79 Å². The molecule has 6 rings (SSSR count). The molecule has 0 aromatic heterocycles. The van der Waals surface area contributed by atoms with Crippen molar-refractivity contribution in [3.63, 3.8) is 0 Å². The molecule has 19 heteroatoms. The lowest BCUT2D eigenvalue weighted by Crippen LogP contribution is -2.65. The van der Waals surface area contributed by atoms with Crippen molar-refractivity contribution in [3.05, 3.63) is 41.0 Å². The number of aliphatic hydroxyl groups is 2. The van der Waals surface area contributed by atoms with Crippen LogP contribution in [0.3, 0.4) is 0 Å². The summed E-state index contributed by atoms with van der Waals surface area (Å²) in [7, 11) is -6.36. The van der Waals surface area contributed by atoms with E-state index in [1.54, 1.807) is 6.92 Å². The summed E-state index contributed by atoms with van der Waals surface area (Å²) >= 11 is 0. The zero-order valence-corrected chi connectivity index (χ0v) is 33.6. The van der Waals surface area contributed by atoms with E-state index >= 15 is 8.78 Å². The first-order chi connectivity index (χ1) is 26.1. The number of benzene rings is 1. The molecule has 1 saturated heterocycles. The lowest BCUT2D eigenvalue weighted by molar-refractivity contribution is -0.322. The Morgan fingerprint density at radius 1 is 0.810 bits per heavy atom. The van der Waals surface area contributed by atoms with Gasteiger partial charge in [-0.2, -0.15) is 43.5 Å². The number of rotatable bonds is 7. The van der Waals surface area contributed by atoms with E-state index in [9.17, 15) is 58.1 Å². The van der Waals surface area contributed by atoms with Gasteiger partial charge in [0.05, 0.1) is 24.9 Å². The summed E-state index contributed by atoms with van der Waals surface area (Å²) in [5.74, 6) is -11.7. The average molecular weight is 871 g/mol. The Morgan fingerprint density at radius 2 is 1.38 bits per heavy atom. The quantitative estimate of drug-likeness (QED) is 0.160. The van der Waals surface area contributed by atoms with Crippen LogP contribution in [0.4, 0.5) is 48.3 Å². The SMILES string of the molecule is CC1(C)COC2(CCC3=C4C(CC[C@@]3(O)C2)C2CC[C@@H](C(C)(F)C(F)(F)F)[C@H](O)[C@@]2(C)C[C@@H]4c2ccc(OS(=O)(=O)[C@@](C)(F)C(F)(F)C(C)(F)C(F)(F)F)cc2)OC1. The summed E-state index contributed by atoms with van der Waals surface area (Å²) in [6.07, 6.45) is -12.5. The van der Waals surface area contributed by atoms with Crippen LogP contribution in [-0.4, -0.2) is 84.0 Å². The van der Waals surface area contributed by atoms with Gasteiger partial charge < -0.3 is 23.9 Å². The predicted octanol–water partition coefficient (Wildman–Crippen LogP) is 9.57. The van der Waals surface area contributed by atoms with Crippen molar-refractivity contribution in [2.75, 3.05) is 13.2 Å². The molecular formula is C39H49F11O7S. The topological polar surface area (TPSA) is 102 Å². The second-order valence-corrected chi connectivity index (χ2v) is 20.5. The summed E-state index contributed by atoms with van der Waals surface area (Å²) in [5, 5.41) is 18.9. The Morgan fingerprint density at radius 3 is 1.91 bits per heavy atom. The Bertz CT molecular complexity index is 1880. The zero-order chi connectivity index (χ0) is 43.7. The van der Waals surface area contributed by atoms with Crippen molar-refractivity contribution in [2.24, 2.45) is 28.6 Å². The molecule has 7 nitrogen and oxygen atoms in total. The molecule has 10 atom stereocenters. The highest BCUT2D eigenvalue weighted by atomic mass is 32.2. The highest BCUT2D eigenvalue weighted by Crippen LogP contribution is 2.67. The second kappa shape index (κ2) is 13.6. The smallest absolute Gasteiger partial charge is 0.392 e. The van der Waals surface area contributed by atoms with Gasteiger partial charge in [-0.1, -0.05) is 38.5 Å². The monoisotopic (exact) mass is 870 g/mol. The van der Waals surface area contributed by atoms with Crippen LogP contribution in [0.15, 0.2) is 35.4 Å². The third-order valence-corrected chi connectivity index (χ3v) is 15.6. The summed E-state index contributed by atoms with van der Waals surface area (Å²) in [5.41, 5.74) is -10.8. The van der Waals surface area contributed by atoms with E-state index in [4.69, 9.17) is 9.47 Å². The first-order valence-corrected chi connectivity index (χ1v) is 20.5. The maximum absolute atomic E-state index is 15.6. The van der Waals surface area contributed by atoms with Crippen LogP contribution in [0.2, 0.25) is 0 Å². The molecule has 58 heavy (non-hydrogen) atoms. The standard InChI is InChI=1S/C39H49F11O7S/c1-30(2)19-55-36(56-20-30)16-14-26-28-23(13-15-35(26,52)18-36)25-11-12-27(32(4,40)38(45,46)47)29(51)31(25,3)17-24(28)21-7-9-22(10-8-21)57-58(53,54)34(6,42)37(43,44)33(5,41)39(48,49)50/h7-10,23-25,27,29,51-52H,11-20H2,1-6H3/t23?,24-,25?,27-,29+,31+,32?,33?,34-,35-/m1/s1. The molecule has 4 fully saturated rings. The van der Waals surface area contributed by atoms with Gasteiger partial charge in [0, 0.05) is 30.1 Å². The summed E-state index contributed by atoms with van der Waals surface area (Å²) in [6, 6.07) is 4.21. The van der Waals surface area contributed by atoms with Crippen LogP contribution in [0, 0.1) is 28.6 Å². The lowest BCUT2D eigenvalue weighted by atomic mass is 9.45. The van der Waals surface area contributed by atoms with E-state index in [0.717, 1.165) is 17.7 Å². The molecule has 0 bridgehead atoms. The molecule has 1 aliphatic heterocycles. The maximum Gasteiger partial charge on any atom is 0.428 e. The third-order valence-electron chi connectivity index (χ3n) is 14.0. The number of alkyl halides is 11. The highest BCUT2D eigenvalue weighted by Gasteiger charge is 2.79. The van der Waals surface area contributed by atoms with Crippen molar-refractivity contribution < 1.29 is 80.6 Å². The molecule has 4 aliphatic carbocycles. The van der Waals surface area contributed by atoms with Crippen LogP contribution in [0.25, 0.3) is 0 Å². The Hall–Kier alpha value is -2.22. The first kappa shape index (κ1) is 45.3. The fourth-order valence-corrected chi connectivity index (χ4v) is 11.3. The van der Waals surface area contributed by atoms with Crippen LogP contribution < -0.4 is 4.18 Å². The molecule has 1 heterocycles. The largest absolute Gasteiger partial charge is 0.428 e. The molecule has 3 saturated carbocycles. The van der Waals surface area contributed by atoms with Gasteiger partial charge in [-0.15, -0.1) is 0 Å². The van der Waals surface area contributed by atoms with Gasteiger partial charge >= 0.3 is 33.4 Å². The molecule has 330 valence electrons. The summed E-state index contributed by atoms with van der Waals surface area (Å²) in [6.45, 7) is 5.48. The molecule has 1 spiro atoms. The van der Waals surface area contributed by atoms with Gasteiger partial charge in [-0.25, -0.2) is 13.2 Å². The number of fused-ring (bicyclic) bond motifs is 4. The van der Waals surface area contributed by atoms with Crippen molar-refractivity contribution in [3.8, 4) is 5.75 Å². The van der Waals surface area contributed by atoms with Crippen LogP contribution in [0.1, 0.15) is 104 Å². The molecular weight excluding hydrogens is 821 g/mol. The number of aliphatic hydroxyl groups excluding tert-OH is 1. The van der Waals surface area contributed by atoms with E-state index in [1.165, 1.54) is 12.1 Å². The lowest BCUT2D eigenvalue weighted by Gasteiger charge is -2.62. The molecule has 1 aromatic rings. The molecule has 1 aromatic carbocycles. The van der Waals surface area contributed by atoms with Gasteiger partial charge in [0.1, 0.15) is 5.75 Å². The van der Waals surface area contributed by atoms with Gasteiger partial charge in [-0.3, -0.25) is 0 Å². The van der Waals surface area contributed by atoms with Gasteiger partial charge in [0.2, 0.25) is 5.67 Å². The number of ether oxygens (including phenoxy) is 2. The molecule has 2 N–H and O–H groups in total. The average Bonchev–Trinajstić information content (AvgIpc) is 3.08. The van der Waals surface area contributed by atoms with Crippen molar-refractivity contribution in [1.29, 1.82) is 0 Å². The minimum absolute atomic E-state index is 0.0658. The Labute approximate surface area is 329 Å². The van der Waals surface area contributed by atoms with Crippen molar-refractivity contribution >= 4 is 10.1 Å². The van der Waals surface area contributed by atoms with Crippen LogP contribution in [0.5, 0.6) is 5.75 Å². The minimum Gasteiger partial charge on any atom is -0.392 e. The number of allylic oxidation sites excluding steroid dienone is 1. The summed E-state index contributed by atoms with van der Waals surface area (Å²) < 4.78 is 199. The number of hydrogen-bond acceptors (Lipinski definition) is 7. The van der Waals surface area contributed by atoms with Crippen LogP contribution in [-0.2, 0) is 19.6 Å². The summed E-state index contributed by atoms with van der Waals surface area (Å²) in [4.78, 5) is 0. The van der Waals surface area contributed by atoms with E-state index in [0.29, 0.717) is 44.1 Å². The normalized spacial score (nSPS) is 36.1. The van der Waals surface area contributed by atoms with Crippen LogP contribution >= 0.6 is 0 Å². The molecule has 4 unspecified atom stereocenters. The van der Waals surface area contributed by atoms with Gasteiger partial charge in [-0.05, 0) is 99.8 Å². The zero-order valence-electron chi connectivity index (χ0n) is 32.8. The predicted molar refractivity (Wildman–Crippen MR) is 186 cm³/mol. The van der Waals surface area contributed by atoms with E-state index in [1.807, 2.05) is 13.8 Å². The number of hydrogen-bond donors (Lipinski definition) is 2. The highest BCUT2D eigenvalue weighted by molar-refractivity contribution is 7.88. The van der Waals surface area contributed by atoms with E-state index < -0.39 is 111 Å². The fraction of sp³-hybridized carbons (Fsp3) is 0.795. The van der Waals surface area contributed by atoms with E-state index in [2.05, 4.69) is 4.18 Å². The first-order valence-electron chi connectivity index (χ1n) is 19.1. The molecule has 0 radical (unpaired) electrons. The number of halogens is 11. The maximum atomic E-state index is 15.6. The Balaban J connectivity index is 1.39. The Kier molecular flexibility index (Phi) is 10.7. The van der Waals surface area contributed by atoms with Gasteiger partial charge in [0.25, 0.3) is 5.67 Å².